The van der Waals surface area contributed by atoms with E-state index in [9.17, 15) is 9.59 Å². The van der Waals surface area contributed by atoms with Crippen LogP contribution in [0.2, 0.25) is 0 Å². The van der Waals surface area contributed by atoms with Crippen LogP contribution in [0.3, 0.4) is 0 Å². The number of carbonyl (C=O) groups excluding carboxylic acids is 2. The maximum Gasteiger partial charge on any atom is 0.231 e. The van der Waals surface area contributed by atoms with Crippen molar-refractivity contribution in [2.45, 2.75) is 13.3 Å². The standard InChI is InChI=1S/C14H15O4S/c1-9(15)12(7-19-10(2)16)5-11-3-4-13-14(6-11)18-8-17-13/h3-4,6,12H,1,5,7-8H2,2H3/t12-/m1/s1. The van der Waals surface area contributed by atoms with Crippen LogP contribution in [0.4, 0.5) is 0 Å². The highest BCUT2D eigenvalue weighted by molar-refractivity contribution is 8.13. The van der Waals surface area contributed by atoms with Crippen molar-refractivity contribution in [3.63, 3.8) is 0 Å². The van der Waals surface area contributed by atoms with E-state index < -0.39 is 0 Å². The number of carbonyl (C=O) groups is 2. The second-order valence-corrected chi connectivity index (χ2v) is 5.55. The Morgan fingerprint density at radius 2 is 2.11 bits per heavy atom. The summed E-state index contributed by atoms with van der Waals surface area (Å²) in [5, 5.41) is 0.0111. The van der Waals surface area contributed by atoms with Gasteiger partial charge in [-0.05, 0) is 24.1 Å². The molecule has 1 radical (unpaired) electrons. The van der Waals surface area contributed by atoms with Crippen molar-refractivity contribution in [2.75, 3.05) is 12.5 Å². The topological polar surface area (TPSA) is 52.6 Å². The molecule has 5 heteroatoms. The van der Waals surface area contributed by atoms with Crippen LogP contribution in [-0.2, 0) is 16.0 Å². The predicted molar refractivity (Wildman–Crippen MR) is 73.3 cm³/mol. The molecule has 0 amide bonds. The number of fused-ring (bicyclic) bond motifs is 1. The first-order chi connectivity index (χ1) is 9.06. The van der Waals surface area contributed by atoms with Gasteiger partial charge in [0.05, 0.1) is 0 Å². The van der Waals surface area contributed by atoms with Crippen LogP contribution in [0.5, 0.6) is 11.5 Å². The quantitative estimate of drug-likeness (QED) is 0.827. The first-order valence-corrected chi connectivity index (χ1v) is 6.92. The summed E-state index contributed by atoms with van der Waals surface area (Å²) in [5.41, 5.74) is 0.982. The molecule has 1 atom stereocenters. The van der Waals surface area contributed by atoms with Gasteiger partial charge in [-0.25, -0.2) is 0 Å². The second-order valence-electron chi connectivity index (χ2n) is 4.36. The van der Waals surface area contributed by atoms with Crippen LogP contribution >= 0.6 is 11.8 Å². The van der Waals surface area contributed by atoms with E-state index in [4.69, 9.17) is 9.47 Å². The molecular formula is C14H15O4S. The minimum Gasteiger partial charge on any atom is -0.454 e. The van der Waals surface area contributed by atoms with Gasteiger partial charge in [0.15, 0.2) is 16.6 Å². The third-order valence-corrected chi connectivity index (χ3v) is 3.84. The Labute approximate surface area is 116 Å². The van der Waals surface area contributed by atoms with Crippen molar-refractivity contribution in [3.05, 3.63) is 30.7 Å². The Morgan fingerprint density at radius 1 is 1.37 bits per heavy atom. The van der Waals surface area contributed by atoms with E-state index in [1.165, 1.54) is 6.92 Å². The number of rotatable bonds is 5. The summed E-state index contributed by atoms with van der Waals surface area (Å²) in [4.78, 5) is 22.5. The number of ether oxygens (including phenoxy) is 2. The zero-order valence-electron chi connectivity index (χ0n) is 10.7. The van der Waals surface area contributed by atoms with Crippen LogP contribution in [0, 0.1) is 12.8 Å². The van der Waals surface area contributed by atoms with Crippen molar-refractivity contribution in [3.8, 4) is 11.5 Å². The molecule has 1 aliphatic rings. The summed E-state index contributed by atoms with van der Waals surface area (Å²) in [6.45, 7) is 5.19. The molecule has 0 saturated carbocycles. The number of ketones is 1. The van der Waals surface area contributed by atoms with E-state index >= 15 is 0 Å². The smallest absolute Gasteiger partial charge is 0.231 e. The fourth-order valence-electron chi connectivity index (χ4n) is 1.84. The summed E-state index contributed by atoms with van der Waals surface area (Å²) in [6.07, 6.45) is 0.555. The average Bonchev–Trinajstić information content (AvgIpc) is 2.81. The van der Waals surface area contributed by atoms with Gasteiger partial charge >= 0.3 is 0 Å². The minimum absolute atomic E-state index is 0.0111. The Kier molecular flexibility index (Phi) is 4.47. The molecule has 0 saturated heterocycles. The number of hydrogen-bond donors (Lipinski definition) is 0. The number of benzene rings is 1. The van der Waals surface area contributed by atoms with E-state index in [0.29, 0.717) is 17.9 Å². The van der Waals surface area contributed by atoms with Crippen LogP contribution in [0.15, 0.2) is 18.2 Å². The molecule has 2 rings (SSSR count). The monoisotopic (exact) mass is 279 g/mol. The highest BCUT2D eigenvalue weighted by Crippen LogP contribution is 2.33. The molecule has 0 spiro atoms. The van der Waals surface area contributed by atoms with Gasteiger partial charge in [-0.3, -0.25) is 9.59 Å². The Hall–Kier alpha value is -1.49. The van der Waals surface area contributed by atoms with Crippen LogP contribution < -0.4 is 9.47 Å². The molecule has 101 valence electrons. The van der Waals surface area contributed by atoms with E-state index in [1.54, 1.807) is 0 Å². The van der Waals surface area contributed by atoms with Gasteiger partial charge in [-0.1, -0.05) is 17.8 Å². The second kappa shape index (κ2) is 6.10. The molecule has 1 aliphatic heterocycles. The van der Waals surface area contributed by atoms with Crippen molar-refractivity contribution >= 4 is 22.7 Å². The Morgan fingerprint density at radius 3 is 2.79 bits per heavy atom. The zero-order valence-corrected chi connectivity index (χ0v) is 11.5. The summed E-state index contributed by atoms with van der Waals surface area (Å²) in [7, 11) is 0. The van der Waals surface area contributed by atoms with Gasteiger partial charge in [0.1, 0.15) is 5.78 Å². The lowest BCUT2D eigenvalue weighted by molar-refractivity contribution is -0.117. The molecule has 0 N–H and O–H groups in total. The maximum atomic E-state index is 11.5. The van der Waals surface area contributed by atoms with Gasteiger partial charge in [0, 0.05) is 25.5 Å². The van der Waals surface area contributed by atoms with Gasteiger partial charge < -0.3 is 9.47 Å². The number of hydrogen-bond acceptors (Lipinski definition) is 5. The highest BCUT2D eigenvalue weighted by atomic mass is 32.2. The van der Waals surface area contributed by atoms with E-state index in [1.807, 2.05) is 18.2 Å². The third kappa shape index (κ3) is 3.73. The molecular weight excluding hydrogens is 264 g/mol. The Bertz CT molecular complexity index is 498. The van der Waals surface area contributed by atoms with Crippen molar-refractivity contribution < 1.29 is 19.1 Å². The molecule has 0 aliphatic carbocycles. The van der Waals surface area contributed by atoms with Crippen LogP contribution in [0.1, 0.15) is 12.5 Å². The van der Waals surface area contributed by atoms with E-state index in [0.717, 1.165) is 23.1 Å². The van der Waals surface area contributed by atoms with Gasteiger partial charge in [-0.2, -0.15) is 0 Å². The third-order valence-electron chi connectivity index (χ3n) is 2.86. The van der Waals surface area contributed by atoms with Gasteiger partial charge in [-0.15, -0.1) is 0 Å². The zero-order chi connectivity index (χ0) is 13.8. The first-order valence-electron chi connectivity index (χ1n) is 5.94. The fourth-order valence-corrected chi connectivity index (χ4v) is 2.58. The van der Waals surface area contributed by atoms with Crippen LogP contribution in [-0.4, -0.2) is 23.4 Å². The van der Waals surface area contributed by atoms with Crippen molar-refractivity contribution in [2.24, 2.45) is 5.92 Å². The van der Waals surface area contributed by atoms with Gasteiger partial charge in [0.25, 0.3) is 0 Å². The van der Waals surface area contributed by atoms with E-state index in [2.05, 4.69) is 6.92 Å². The number of Topliss-reactive ketones (excluding diaryl/α,β-unsaturated/α-hetero) is 1. The lowest BCUT2D eigenvalue weighted by Crippen LogP contribution is -2.17. The molecule has 19 heavy (non-hydrogen) atoms. The lowest BCUT2D eigenvalue weighted by Gasteiger charge is -2.12. The van der Waals surface area contributed by atoms with Crippen LogP contribution in [0.25, 0.3) is 0 Å². The molecule has 4 nitrogen and oxygen atoms in total. The SMILES string of the molecule is [CH2]C(=O)[C@@H](CSC(C)=O)Cc1ccc2c(c1)OCO2. The van der Waals surface area contributed by atoms with E-state index in [-0.39, 0.29) is 23.6 Å². The normalized spacial score (nSPS) is 14.2. The Balaban J connectivity index is 2.04. The van der Waals surface area contributed by atoms with Gasteiger partial charge in [0.2, 0.25) is 6.79 Å². The number of thioether (sulfide) groups is 1. The average molecular weight is 279 g/mol. The summed E-state index contributed by atoms with van der Waals surface area (Å²) >= 11 is 1.16. The highest BCUT2D eigenvalue weighted by Gasteiger charge is 2.19. The molecule has 1 aromatic carbocycles. The fraction of sp³-hybridized carbons (Fsp3) is 0.357. The van der Waals surface area contributed by atoms with Crippen molar-refractivity contribution in [1.29, 1.82) is 0 Å². The molecule has 1 heterocycles. The summed E-state index contributed by atoms with van der Waals surface area (Å²) < 4.78 is 10.5. The molecule has 0 fully saturated rings. The predicted octanol–water partition coefficient (Wildman–Crippen LogP) is 2.26. The largest absolute Gasteiger partial charge is 0.454 e. The molecule has 0 unspecified atom stereocenters. The maximum absolute atomic E-state index is 11.5. The minimum atomic E-state index is -0.255. The lowest BCUT2D eigenvalue weighted by atomic mass is 9.97. The summed E-state index contributed by atoms with van der Waals surface area (Å²) in [5.74, 6) is 1.48. The summed E-state index contributed by atoms with van der Waals surface area (Å²) in [6, 6.07) is 5.61. The van der Waals surface area contributed by atoms with Crippen molar-refractivity contribution in [1.82, 2.24) is 0 Å². The first kappa shape index (κ1) is 13.9. The molecule has 1 aromatic rings. The molecule has 0 bridgehead atoms. The molecule has 0 aromatic heterocycles.